The molecule has 0 spiro atoms. The maximum Gasteiger partial charge on any atom is 0.0406 e. The van der Waals surface area contributed by atoms with Crippen LogP contribution in [0.3, 0.4) is 0 Å². The molecular weight excluding hydrogens is 206 g/mol. The van der Waals surface area contributed by atoms with E-state index < -0.39 is 0 Å². The SMILES string of the molecule is CC(CN)CC(C)(C)c1ccc(Cl)cc1. The van der Waals surface area contributed by atoms with Gasteiger partial charge < -0.3 is 5.73 Å². The largest absolute Gasteiger partial charge is 0.330 e. The molecule has 15 heavy (non-hydrogen) atoms. The summed E-state index contributed by atoms with van der Waals surface area (Å²) >= 11 is 5.87. The topological polar surface area (TPSA) is 26.0 Å². The van der Waals surface area contributed by atoms with Gasteiger partial charge in [0.15, 0.2) is 0 Å². The van der Waals surface area contributed by atoms with Crippen LogP contribution in [0.5, 0.6) is 0 Å². The molecule has 1 aromatic rings. The van der Waals surface area contributed by atoms with E-state index >= 15 is 0 Å². The first-order valence-corrected chi connectivity index (χ1v) is 5.79. The van der Waals surface area contributed by atoms with Gasteiger partial charge in [-0.3, -0.25) is 0 Å². The second-order valence-corrected chi connectivity index (χ2v) is 5.37. The second-order valence-electron chi connectivity index (χ2n) is 4.94. The Balaban J connectivity index is 2.80. The van der Waals surface area contributed by atoms with Gasteiger partial charge in [-0.05, 0) is 42.0 Å². The lowest BCUT2D eigenvalue weighted by molar-refractivity contribution is 0.385. The minimum absolute atomic E-state index is 0.170. The third-order valence-electron chi connectivity index (χ3n) is 2.89. The molecule has 0 bridgehead atoms. The molecule has 1 aromatic carbocycles. The number of halogens is 1. The molecule has 1 atom stereocenters. The Morgan fingerprint density at radius 2 is 1.80 bits per heavy atom. The monoisotopic (exact) mass is 225 g/mol. The molecule has 0 saturated carbocycles. The highest BCUT2D eigenvalue weighted by molar-refractivity contribution is 6.30. The highest BCUT2D eigenvalue weighted by atomic mass is 35.5. The van der Waals surface area contributed by atoms with Crippen LogP contribution in [-0.4, -0.2) is 6.54 Å². The molecule has 0 radical (unpaired) electrons. The van der Waals surface area contributed by atoms with E-state index in [0.29, 0.717) is 5.92 Å². The Morgan fingerprint density at radius 3 is 2.27 bits per heavy atom. The van der Waals surface area contributed by atoms with Gasteiger partial charge in [0.1, 0.15) is 0 Å². The van der Waals surface area contributed by atoms with Gasteiger partial charge in [-0.25, -0.2) is 0 Å². The molecule has 0 aliphatic heterocycles. The third kappa shape index (κ3) is 3.51. The van der Waals surface area contributed by atoms with Crippen molar-refractivity contribution in [3.8, 4) is 0 Å². The Morgan fingerprint density at radius 1 is 1.27 bits per heavy atom. The van der Waals surface area contributed by atoms with Crippen molar-refractivity contribution in [2.45, 2.75) is 32.6 Å². The maximum atomic E-state index is 5.87. The standard InChI is InChI=1S/C13H20ClN/c1-10(9-15)8-13(2,3)11-4-6-12(14)7-5-11/h4-7,10H,8-9,15H2,1-3H3. The van der Waals surface area contributed by atoms with Crippen LogP contribution in [0.2, 0.25) is 5.02 Å². The molecule has 2 heteroatoms. The quantitative estimate of drug-likeness (QED) is 0.833. The van der Waals surface area contributed by atoms with Crippen LogP contribution in [0.1, 0.15) is 32.8 Å². The number of hydrogen-bond acceptors (Lipinski definition) is 1. The van der Waals surface area contributed by atoms with E-state index in [1.165, 1.54) is 5.56 Å². The summed E-state index contributed by atoms with van der Waals surface area (Å²) in [6, 6.07) is 8.11. The second kappa shape index (κ2) is 5.00. The van der Waals surface area contributed by atoms with Crippen molar-refractivity contribution in [2.75, 3.05) is 6.54 Å². The molecule has 0 aliphatic rings. The Hall–Kier alpha value is -0.530. The summed E-state index contributed by atoms with van der Waals surface area (Å²) < 4.78 is 0. The minimum atomic E-state index is 0.170. The van der Waals surface area contributed by atoms with Crippen LogP contribution in [0.25, 0.3) is 0 Å². The van der Waals surface area contributed by atoms with Crippen molar-refractivity contribution in [3.63, 3.8) is 0 Å². The first-order chi connectivity index (χ1) is 6.95. The van der Waals surface area contributed by atoms with Crippen LogP contribution >= 0.6 is 11.6 Å². The molecule has 0 fully saturated rings. The summed E-state index contributed by atoms with van der Waals surface area (Å²) in [5, 5.41) is 0.793. The lowest BCUT2D eigenvalue weighted by Crippen LogP contribution is -2.24. The van der Waals surface area contributed by atoms with Gasteiger partial charge in [-0.2, -0.15) is 0 Å². The highest BCUT2D eigenvalue weighted by Crippen LogP contribution is 2.30. The Bertz CT molecular complexity index is 303. The van der Waals surface area contributed by atoms with Crippen molar-refractivity contribution < 1.29 is 0 Å². The van der Waals surface area contributed by atoms with Gasteiger partial charge >= 0.3 is 0 Å². The van der Waals surface area contributed by atoms with E-state index in [1.54, 1.807) is 0 Å². The summed E-state index contributed by atoms with van der Waals surface area (Å²) in [5.74, 6) is 0.552. The zero-order chi connectivity index (χ0) is 11.5. The fourth-order valence-corrected chi connectivity index (χ4v) is 2.10. The zero-order valence-corrected chi connectivity index (χ0v) is 10.5. The van der Waals surface area contributed by atoms with Crippen molar-refractivity contribution in [2.24, 2.45) is 11.7 Å². The molecule has 0 aliphatic carbocycles. The van der Waals surface area contributed by atoms with Crippen LogP contribution < -0.4 is 5.73 Å². The van der Waals surface area contributed by atoms with Crippen LogP contribution in [-0.2, 0) is 5.41 Å². The Kier molecular flexibility index (Phi) is 4.18. The average molecular weight is 226 g/mol. The van der Waals surface area contributed by atoms with Crippen molar-refractivity contribution in [1.82, 2.24) is 0 Å². The smallest absolute Gasteiger partial charge is 0.0406 e. The third-order valence-corrected chi connectivity index (χ3v) is 3.14. The van der Waals surface area contributed by atoms with Crippen molar-refractivity contribution >= 4 is 11.6 Å². The predicted molar refractivity (Wildman–Crippen MR) is 67.3 cm³/mol. The van der Waals surface area contributed by atoms with Gasteiger partial charge in [0.2, 0.25) is 0 Å². The van der Waals surface area contributed by atoms with E-state index in [2.05, 4.69) is 32.9 Å². The van der Waals surface area contributed by atoms with Crippen molar-refractivity contribution in [3.05, 3.63) is 34.9 Å². The maximum absolute atomic E-state index is 5.87. The zero-order valence-electron chi connectivity index (χ0n) is 9.76. The number of benzene rings is 1. The predicted octanol–water partition coefficient (Wildman–Crippen LogP) is 3.60. The molecule has 0 amide bonds. The molecule has 0 heterocycles. The number of rotatable bonds is 4. The average Bonchev–Trinajstić information content (AvgIpc) is 2.17. The molecule has 1 nitrogen and oxygen atoms in total. The lowest BCUT2D eigenvalue weighted by atomic mass is 9.77. The minimum Gasteiger partial charge on any atom is -0.330 e. The fraction of sp³-hybridized carbons (Fsp3) is 0.538. The van der Waals surface area contributed by atoms with Gasteiger partial charge in [-0.1, -0.05) is 44.5 Å². The van der Waals surface area contributed by atoms with E-state index in [4.69, 9.17) is 17.3 Å². The summed E-state index contributed by atoms with van der Waals surface area (Å²) in [6.07, 6.45) is 1.10. The van der Waals surface area contributed by atoms with Crippen LogP contribution in [0.4, 0.5) is 0 Å². The summed E-state index contributed by atoms with van der Waals surface area (Å²) in [5.41, 5.74) is 7.16. The summed E-state index contributed by atoms with van der Waals surface area (Å²) in [4.78, 5) is 0. The lowest BCUT2D eigenvalue weighted by Gasteiger charge is -2.28. The van der Waals surface area contributed by atoms with E-state index in [-0.39, 0.29) is 5.41 Å². The molecule has 0 aromatic heterocycles. The normalized spacial score (nSPS) is 13.9. The summed E-state index contributed by atoms with van der Waals surface area (Å²) in [6.45, 7) is 7.44. The van der Waals surface area contributed by atoms with Crippen molar-refractivity contribution in [1.29, 1.82) is 0 Å². The van der Waals surface area contributed by atoms with E-state index in [1.807, 2.05) is 12.1 Å². The van der Waals surface area contributed by atoms with E-state index in [9.17, 15) is 0 Å². The van der Waals surface area contributed by atoms with Gasteiger partial charge in [0, 0.05) is 5.02 Å². The van der Waals surface area contributed by atoms with E-state index in [0.717, 1.165) is 18.0 Å². The van der Waals surface area contributed by atoms with Crippen LogP contribution in [0.15, 0.2) is 24.3 Å². The molecule has 1 rings (SSSR count). The molecule has 2 N–H and O–H groups in total. The number of hydrogen-bond donors (Lipinski definition) is 1. The molecule has 1 unspecified atom stereocenters. The molecule has 0 saturated heterocycles. The number of nitrogens with two attached hydrogens (primary N) is 1. The Labute approximate surface area is 97.6 Å². The first kappa shape index (κ1) is 12.5. The fourth-order valence-electron chi connectivity index (χ4n) is 1.97. The summed E-state index contributed by atoms with van der Waals surface area (Å²) in [7, 11) is 0. The van der Waals surface area contributed by atoms with Crippen LogP contribution in [0, 0.1) is 5.92 Å². The highest BCUT2D eigenvalue weighted by Gasteiger charge is 2.22. The van der Waals surface area contributed by atoms with Gasteiger partial charge in [-0.15, -0.1) is 0 Å². The molecular formula is C13H20ClN. The molecule has 84 valence electrons. The van der Waals surface area contributed by atoms with Gasteiger partial charge in [0.25, 0.3) is 0 Å². The first-order valence-electron chi connectivity index (χ1n) is 5.42. The van der Waals surface area contributed by atoms with Gasteiger partial charge in [0.05, 0.1) is 0 Å².